The number of aliphatic hydroxyl groups excluding tert-OH is 1. The lowest BCUT2D eigenvalue weighted by Crippen LogP contribution is -2.59. The predicted molar refractivity (Wildman–Crippen MR) is 134 cm³/mol. The third-order valence-corrected chi connectivity index (χ3v) is 5.81. The number of fused-ring (bicyclic) bond motifs is 1. The van der Waals surface area contributed by atoms with E-state index in [0.29, 0.717) is 0 Å². The molecule has 0 saturated carbocycles. The topological polar surface area (TPSA) is 230 Å². The summed E-state index contributed by atoms with van der Waals surface area (Å²) < 4.78 is 0. The van der Waals surface area contributed by atoms with E-state index in [1.807, 2.05) is 24.3 Å². The monoisotopic (exact) mass is 518 g/mol. The molecule has 0 aliphatic carbocycles. The molecule has 37 heavy (non-hydrogen) atoms. The van der Waals surface area contributed by atoms with Crippen LogP contribution >= 0.6 is 0 Å². The number of aromatic nitrogens is 1. The van der Waals surface area contributed by atoms with Crippen LogP contribution < -0.4 is 27.4 Å². The maximum atomic E-state index is 13.3. The Morgan fingerprint density at radius 1 is 0.973 bits per heavy atom. The van der Waals surface area contributed by atoms with Gasteiger partial charge < -0.3 is 42.6 Å². The summed E-state index contributed by atoms with van der Waals surface area (Å²) in [4.78, 5) is 64.2. The molecule has 0 radical (unpaired) electrons. The number of carbonyl (C=O) groups is 5. The Morgan fingerprint density at radius 2 is 1.62 bits per heavy atom. The summed E-state index contributed by atoms with van der Waals surface area (Å²) in [5.41, 5.74) is 12.5. The highest BCUT2D eigenvalue weighted by atomic mass is 16.4. The zero-order valence-corrected chi connectivity index (χ0v) is 20.7. The molecule has 1 heterocycles. The minimum absolute atomic E-state index is 0.0165. The molecule has 13 nitrogen and oxygen atoms in total. The van der Waals surface area contributed by atoms with Gasteiger partial charge in [-0.05, 0) is 24.0 Å². The highest BCUT2D eigenvalue weighted by Gasteiger charge is 2.32. The predicted octanol–water partition coefficient (Wildman–Crippen LogP) is -1.51. The van der Waals surface area contributed by atoms with Crippen LogP contribution in [0.4, 0.5) is 0 Å². The number of carboxylic acids is 1. The number of nitrogens with two attached hydrogens (primary N) is 2. The third kappa shape index (κ3) is 8.29. The van der Waals surface area contributed by atoms with Gasteiger partial charge in [-0.25, -0.2) is 4.79 Å². The summed E-state index contributed by atoms with van der Waals surface area (Å²) in [6.07, 6.45) is 1.62. The molecule has 1 aromatic carbocycles. The van der Waals surface area contributed by atoms with Gasteiger partial charge in [0.2, 0.25) is 23.6 Å². The summed E-state index contributed by atoms with van der Waals surface area (Å²) in [7, 11) is 0. The summed E-state index contributed by atoms with van der Waals surface area (Å²) in [5, 5.41) is 26.5. The number of rotatable bonds is 14. The standard InChI is InChI=1S/C24H34N6O7/c1-12(2)20(23(35)29-18(11-31)24(36)37)30-22(34)17(28-21(33)15(25)7-8-19(26)32)9-13-10-27-16-6-4-3-5-14(13)16/h3-6,10,12,15,17-18,20,27,31H,7-9,11,25H2,1-2H3,(H2,26,32)(H,28,33)(H,29,35)(H,30,34)(H,36,37). The summed E-state index contributed by atoms with van der Waals surface area (Å²) in [6, 6.07) is 2.40. The first-order valence-corrected chi connectivity index (χ1v) is 11.8. The summed E-state index contributed by atoms with van der Waals surface area (Å²) in [6.45, 7) is 2.46. The maximum absolute atomic E-state index is 13.3. The normalized spacial score (nSPS) is 14.4. The highest BCUT2D eigenvalue weighted by Crippen LogP contribution is 2.19. The van der Waals surface area contributed by atoms with Crippen molar-refractivity contribution in [3.8, 4) is 0 Å². The van der Waals surface area contributed by atoms with Gasteiger partial charge in [0.05, 0.1) is 12.6 Å². The lowest BCUT2D eigenvalue weighted by Gasteiger charge is -2.27. The molecule has 2 rings (SSSR count). The van der Waals surface area contributed by atoms with E-state index < -0.39 is 66.3 Å². The van der Waals surface area contributed by atoms with E-state index in [2.05, 4.69) is 20.9 Å². The Balaban J connectivity index is 2.27. The smallest absolute Gasteiger partial charge is 0.328 e. The van der Waals surface area contributed by atoms with Crippen LogP contribution in [-0.2, 0) is 30.4 Å². The molecule has 202 valence electrons. The second-order valence-electron chi connectivity index (χ2n) is 9.05. The number of hydrogen-bond acceptors (Lipinski definition) is 7. The average Bonchev–Trinajstić information content (AvgIpc) is 3.25. The number of para-hydroxylation sites is 1. The van der Waals surface area contributed by atoms with E-state index in [9.17, 15) is 29.1 Å². The number of amides is 4. The fourth-order valence-electron chi connectivity index (χ4n) is 3.67. The zero-order chi connectivity index (χ0) is 27.7. The van der Waals surface area contributed by atoms with Crippen LogP contribution in [0, 0.1) is 5.92 Å². The molecular weight excluding hydrogens is 484 g/mol. The van der Waals surface area contributed by atoms with Crippen LogP contribution in [0.5, 0.6) is 0 Å². The third-order valence-electron chi connectivity index (χ3n) is 5.81. The van der Waals surface area contributed by atoms with Crippen molar-refractivity contribution in [3.05, 3.63) is 36.0 Å². The minimum Gasteiger partial charge on any atom is -0.480 e. The lowest BCUT2D eigenvalue weighted by atomic mass is 10.00. The van der Waals surface area contributed by atoms with E-state index >= 15 is 0 Å². The Morgan fingerprint density at radius 3 is 2.22 bits per heavy atom. The number of aliphatic hydroxyl groups is 1. The fraction of sp³-hybridized carbons (Fsp3) is 0.458. The summed E-state index contributed by atoms with van der Waals surface area (Å²) in [5.74, 6) is -4.70. The van der Waals surface area contributed by atoms with Gasteiger partial charge in [-0.3, -0.25) is 19.2 Å². The van der Waals surface area contributed by atoms with E-state index in [1.165, 1.54) is 0 Å². The van der Waals surface area contributed by atoms with Gasteiger partial charge in [-0.1, -0.05) is 32.0 Å². The first kappa shape index (κ1) is 29.3. The molecule has 10 N–H and O–H groups in total. The van der Waals surface area contributed by atoms with Gasteiger partial charge in [0.1, 0.15) is 18.1 Å². The Hall–Kier alpha value is -3.97. The van der Waals surface area contributed by atoms with Gasteiger partial charge in [-0.15, -0.1) is 0 Å². The van der Waals surface area contributed by atoms with Crippen molar-refractivity contribution < 1.29 is 34.2 Å². The molecule has 0 saturated heterocycles. The molecule has 0 aliphatic heterocycles. The quantitative estimate of drug-likeness (QED) is 0.146. The Kier molecular flexibility index (Phi) is 10.6. The van der Waals surface area contributed by atoms with E-state index in [-0.39, 0.29) is 19.3 Å². The maximum Gasteiger partial charge on any atom is 0.328 e. The summed E-state index contributed by atoms with van der Waals surface area (Å²) >= 11 is 0. The molecule has 2 aromatic rings. The first-order valence-electron chi connectivity index (χ1n) is 11.8. The number of benzene rings is 1. The van der Waals surface area contributed by atoms with E-state index in [0.717, 1.165) is 16.5 Å². The molecule has 4 amide bonds. The lowest BCUT2D eigenvalue weighted by molar-refractivity contribution is -0.143. The second kappa shape index (κ2) is 13.4. The number of carboxylic acid groups (broad SMARTS) is 1. The number of aromatic amines is 1. The number of hydrogen-bond donors (Lipinski definition) is 8. The number of aliphatic carboxylic acids is 1. The van der Waals surface area contributed by atoms with Gasteiger partial charge in [-0.2, -0.15) is 0 Å². The Bertz CT molecular complexity index is 1130. The van der Waals surface area contributed by atoms with Crippen LogP contribution in [0.1, 0.15) is 32.3 Å². The van der Waals surface area contributed by atoms with Crippen LogP contribution in [0.3, 0.4) is 0 Å². The van der Waals surface area contributed by atoms with Crippen molar-refractivity contribution in [2.45, 2.75) is 57.3 Å². The molecule has 0 bridgehead atoms. The molecule has 1 aromatic heterocycles. The van der Waals surface area contributed by atoms with Gasteiger partial charge in [0.15, 0.2) is 0 Å². The fourth-order valence-corrected chi connectivity index (χ4v) is 3.67. The van der Waals surface area contributed by atoms with Gasteiger partial charge in [0, 0.05) is 29.9 Å². The van der Waals surface area contributed by atoms with Crippen LogP contribution in [0.2, 0.25) is 0 Å². The molecule has 4 atom stereocenters. The average molecular weight is 519 g/mol. The van der Waals surface area contributed by atoms with Crippen LogP contribution in [0.15, 0.2) is 30.5 Å². The zero-order valence-electron chi connectivity index (χ0n) is 20.7. The molecular formula is C24H34N6O7. The van der Waals surface area contributed by atoms with Crippen LogP contribution in [0.25, 0.3) is 10.9 Å². The first-order chi connectivity index (χ1) is 17.4. The van der Waals surface area contributed by atoms with Crippen molar-refractivity contribution in [3.63, 3.8) is 0 Å². The molecule has 0 spiro atoms. The van der Waals surface area contributed by atoms with Crippen molar-refractivity contribution >= 4 is 40.5 Å². The largest absolute Gasteiger partial charge is 0.480 e. The Labute approximate surface area is 213 Å². The van der Waals surface area contributed by atoms with E-state index in [1.54, 1.807) is 20.0 Å². The number of carbonyl (C=O) groups excluding carboxylic acids is 4. The highest BCUT2D eigenvalue weighted by molar-refractivity contribution is 5.95. The number of nitrogens with one attached hydrogen (secondary N) is 4. The van der Waals surface area contributed by atoms with Crippen molar-refractivity contribution in [1.29, 1.82) is 0 Å². The van der Waals surface area contributed by atoms with Gasteiger partial charge in [0.25, 0.3) is 0 Å². The van der Waals surface area contributed by atoms with Crippen molar-refractivity contribution in [2.24, 2.45) is 17.4 Å². The number of H-pyrrole nitrogens is 1. The van der Waals surface area contributed by atoms with E-state index in [4.69, 9.17) is 16.6 Å². The van der Waals surface area contributed by atoms with Crippen molar-refractivity contribution in [2.75, 3.05) is 6.61 Å². The minimum atomic E-state index is -1.55. The van der Waals surface area contributed by atoms with Crippen molar-refractivity contribution in [1.82, 2.24) is 20.9 Å². The molecule has 0 aliphatic rings. The molecule has 13 heteroatoms. The second-order valence-corrected chi connectivity index (χ2v) is 9.05. The van der Waals surface area contributed by atoms with Gasteiger partial charge >= 0.3 is 5.97 Å². The van der Waals surface area contributed by atoms with Crippen LogP contribution in [-0.4, -0.2) is 75.6 Å². The SMILES string of the molecule is CC(C)C(NC(=O)C(Cc1c[nH]c2ccccc12)NC(=O)C(N)CCC(N)=O)C(=O)NC(CO)C(=O)O. The molecule has 0 fully saturated rings. The molecule has 4 unspecified atom stereocenters. The number of primary amides is 1.